The molecule has 0 bridgehead atoms. The first-order valence-electron chi connectivity index (χ1n) is 6.51. The predicted molar refractivity (Wildman–Crippen MR) is 79.0 cm³/mol. The number of β-amino-alcohol motifs (C(OH)–C–C–N with tert-alkyl or cyclic N) is 1. The highest BCUT2D eigenvalue weighted by Gasteiger charge is 2.22. The minimum absolute atomic E-state index is 0.181. The van der Waals surface area contributed by atoms with Crippen molar-refractivity contribution in [2.75, 3.05) is 18.0 Å². The summed E-state index contributed by atoms with van der Waals surface area (Å²) in [5.41, 5.74) is 2.52. The molecule has 1 aromatic carbocycles. The van der Waals surface area contributed by atoms with Crippen LogP contribution in [0.1, 0.15) is 25.8 Å². The lowest BCUT2D eigenvalue weighted by molar-refractivity contribution is 0.198. The fourth-order valence-electron chi connectivity index (χ4n) is 2.28. The van der Waals surface area contributed by atoms with E-state index in [-0.39, 0.29) is 6.10 Å². The second-order valence-electron chi connectivity index (χ2n) is 5.20. The Morgan fingerprint density at radius 1 is 1.50 bits per heavy atom. The van der Waals surface area contributed by atoms with Crippen LogP contribution in [-0.4, -0.2) is 30.3 Å². The molecule has 4 heteroatoms. The molecule has 18 heavy (non-hydrogen) atoms. The summed E-state index contributed by atoms with van der Waals surface area (Å²) in [5, 5.41) is 13.1. The van der Waals surface area contributed by atoms with Gasteiger partial charge < -0.3 is 15.3 Å². The number of hydrogen-bond donors (Lipinski definition) is 2. The fraction of sp³-hybridized carbons (Fsp3) is 0.571. The van der Waals surface area contributed by atoms with Crippen LogP contribution in [0.15, 0.2) is 22.7 Å². The second-order valence-corrected chi connectivity index (χ2v) is 6.11. The highest BCUT2D eigenvalue weighted by molar-refractivity contribution is 9.10. The summed E-state index contributed by atoms with van der Waals surface area (Å²) in [5.74, 6) is 0. The van der Waals surface area contributed by atoms with Crippen LogP contribution in [0.4, 0.5) is 5.69 Å². The van der Waals surface area contributed by atoms with Gasteiger partial charge in [-0.05, 0) is 30.2 Å². The number of aliphatic hydroxyl groups excluding tert-OH is 1. The van der Waals surface area contributed by atoms with Gasteiger partial charge in [-0.25, -0.2) is 0 Å². The van der Waals surface area contributed by atoms with Crippen LogP contribution in [0.5, 0.6) is 0 Å². The minimum atomic E-state index is -0.181. The zero-order valence-corrected chi connectivity index (χ0v) is 12.6. The lowest BCUT2D eigenvalue weighted by Crippen LogP contribution is -2.26. The Morgan fingerprint density at radius 2 is 2.28 bits per heavy atom. The molecule has 0 aromatic heterocycles. The summed E-state index contributed by atoms with van der Waals surface area (Å²) in [4.78, 5) is 2.27. The van der Waals surface area contributed by atoms with Crippen molar-refractivity contribution in [1.82, 2.24) is 5.32 Å². The van der Waals surface area contributed by atoms with E-state index in [4.69, 9.17) is 0 Å². The number of anilines is 1. The molecule has 0 saturated carbocycles. The van der Waals surface area contributed by atoms with Gasteiger partial charge in [-0.1, -0.05) is 29.8 Å². The van der Waals surface area contributed by atoms with E-state index in [1.165, 1.54) is 11.3 Å². The van der Waals surface area contributed by atoms with Crippen LogP contribution in [0, 0.1) is 0 Å². The highest BCUT2D eigenvalue weighted by Crippen LogP contribution is 2.27. The lowest BCUT2D eigenvalue weighted by Gasteiger charge is -2.22. The number of halogens is 1. The maximum absolute atomic E-state index is 9.66. The lowest BCUT2D eigenvalue weighted by atomic mass is 10.1. The van der Waals surface area contributed by atoms with Gasteiger partial charge in [-0.3, -0.25) is 0 Å². The van der Waals surface area contributed by atoms with Crippen LogP contribution in [0.25, 0.3) is 0 Å². The zero-order chi connectivity index (χ0) is 13.1. The minimum Gasteiger partial charge on any atom is -0.391 e. The van der Waals surface area contributed by atoms with E-state index in [2.05, 4.69) is 58.2 Å². The van der Waals surface area contributed by atoms with E-state index < -0.39 is 0 Å². The predicted octanol–water partition coefficient (Wildman–Crippen LogP) is 2.52. The van der Waals surface area contributed by atoms with Gasteiger partial charge in [-0.15, -0.1) is 0 Å². The standard InChI is InChI=1S/C14H21BrN2O/c1-10(2)16-8-11-7-12(15)3-4-14(11)17-6-5-13(18)9-17/h3-4,7,10,13,16,18H,5-6,8-9H2,1-2H3. The first kappa shape index (κ1) is 13.8. The Labute approximate surface area is 117 Å². The second kappa shape index (κ2) is 6.04. The van der Waals surface area contributed by atoms with Crippen LogP contribution in [0.2, 0.25) is 0 Å². The average molecular weight is 313 g/mol. The molecule has 1 atom stereocenters. The quantitative estimate of drug-likeness (QED) is 0.897. The van der Waals surface area contributed by atoms with Crippen LogP contribution in [-0.2, 0) is 6.54 Å². The van der Waals surface area contributed by atoms with Crippen molar-refractivity contribution >= 4 is 21.6 Å². The molecule has 0 radical (unpaired) electrons. The summed E-state index contributed by atoms with van der Waals surface area (Å²) in [6, 6.07) is 6.84. The van der Waals surface area contributed by atoms with Crippen molar-refractivity contribution in [2.24, 2.45) is 0 Å². The molecule has 1 unspecified atom stereocenters. The molecule has 1 aromatic rings. The summed E-state index contributed by atoms with van der Waals surface area (Å²) in [7, 11) is 0. The smallest absolute Gasteiger partial charge is 0.0731 e. The Morgan fingerprint density at radius 3 is 2.89 bits per heavy atom. The van der Waals surface area contributed by atoms with Gasteiger partial charge in [0, 0.05) is 35.8 Å². The van der Waals surface area contributed by atoms with Crippen molar-refractivity contribution in [1.29, 1.82) is 0 Å². The Hall–Kier alpha value is -0.580. The van der Waals surface area contributed by atoms with Crippen LogP contribution in [0.3, 0.4) is 0 Å². The van der Waals surface area contributed by atoms with E-state index in [0.29, 0.717) is 6.04 Å². The monoisotopic (exact) mass is 312 g/mol. The van der Waals surface area contributed by atoms with Crippen molar-refractivity contribution in [2.45, 2.75) is 39.0 Å². The molecule has 1 heterocycles. The number of nitrogens with zero attached hydrogens (tertiary/aromatic N) is 1. The third-order valence-corrected chi connectivity index (χ3v) is 3.74. The SMILES string of the molecule is CC(C)NCc1cc(Br)ccc1N1CCC(O)C1. The molecule has 1 fully saturated rings. The Bertz CT molecular complexity index is 409. The van der Waals surface area contributed by atoms with Crippen LogP contribution >= 0.6 is 15.9 Å². The van der Waals surface area contributed by atoms with Gasteiger partial charge in [0.25, 0.3) is 0 Å². The summed E-state index contributed by atoms with van der Waals surface area (Å²) in [6.45, 7) is 6.85. The van der Waals surface area contributed by atoms with Gasteiger partial charge in [0.2, 0.25) is 0 Å². The summed E-state index contributed by atoms with van der Waals surface area (Å²) in [6.07, 6.45) is 0.687. The van der Waals surface area contributed by atoms with Gasteiger partial charge in [0.05, 0.1) is 6.10 Å². The normalized spacial score (nSPS) is 19.8. The van der Waals surface area contributed by atoms with Crippen molar-refractivity contribution < 1.29 is 5.11 Å². The number of aliphatic hydroxyl groups is 1. The average Bonchev–Trinajstić information content (AvgIpc) is 2.73. The summed E-state index contributed by atoms with van der Waals surface area (Å²) >= 11 is 3.53. The Balaban J connectivity index is 2.17. The maximum Gasteiger partial charge on any atom is 0.0731 e. The molecule has 3 nitrogen and oxygen atoms in total. The van der Waals surface area contributed by atoms with Crippen molar-refractivity contribution in [3.8, 4) is 0 Å². The first-order chi connectivity index (χ1) is 8.56. The number of nitrogens with one attached hydrogen (secondary N) is 1. The molecular formula is C14H21BrN2O. The zero-order valence-electron chi connectivity index (χ0n) is 11.0. The fourth-order valence-corrected chi connectivity index (χ4v) is 2.69. The van der Waals surface area contributed by atoms with Gasteiger partial charge in [0.1, 0.15) is 0 Å². The summed E-state index contributed by atoms with van der Waals surface area (Å²) < 4.78 is 1.10. The van der Waals surface area contributed by atoms with E-state index >= 15 is 0 Å². The molecule has 1 saturated heterocycles. The topological polar surface area (TPSA) is 35.5 Å². The first-order valence-corrected chi connectivity index (χ1v) is 7.30. The van der Waals surface area contributed by atoms with E-state index in [0.717, 1.165) is 30.5 Å². The highest BCUT2D eigenvalue weighted by atomic mass is 79.9. The third-order valence-electron chi connectivity index (χ3n) is 3.25. The molecule has 1 aliphatic rings. The number of hydrogen-bond acceptors (Lipinski definition) is 3. The van der Waals surface area contributed by atoms with E-state index in [1.807, 2.05) is 0 Å². The number of benzene rings is 1. The van der Waals surface area contributed by atoms with Gasteiger partial charge in [0.15, 0.2) is 0 Å². The third kappa shape index (κ3) is 3.46. The molecule has 0 aliphatic carbocycles. The molecule has 1 aliphatic heterocycles. The molecular weight excluding hydrogens is 292 g/mol. The van der Waals surface area contributed by atoms with Gasteiger partial charge >= 0.3 is 0 Å². The maximum atomic E-state index is 9.66. The van der Waals surface area contributed by atoms with E-state index in [9.17, 15) is 5.11 Å². The Kier molecular flexibility index (Phi) is 4.65. The van der Waals surface area contributed by atoms with E-state index in [1.54, 1.807) is 0 Å². The number of rotatable bonds is 4. The van der Waals surface area contributed by atoms with Crippen molar-refractivity contribution in [3.05, 3.63) is 28.2 Å². The molecule has 0 amide bonds. The molecule has 2 N–H and O–H groups in total. The largest absolute Gasteiger partial charge is 0.391 e. The van der Waals surface area contributed by atoms with Gasteiger partial charge in [-0.2, -0.15) is 0 Å². The molecule has 100 valence electrons. The molecule has 0 spiro atoms. The van der Waals surface area contributed by atoms with Crippen molar-refractivity contribution in [3.63, 3.8) is 0 Å². The van der Waals surface area contributed by atoms with Crippen LogP contribution < -0.4 is 10.2 Å². The molecule has 2 rings (SSSR count).